The van der Waals surface area contributed by atoms with Crippen LogP contribution in [0.3, 0.4) is 0 Å². The first kappa shape index (κ1) is 13.3. The summed E-state index contributed by atoms with van der Waals surface area (Å²) in [5.74, 6) is -0.663. The van der Waals surface area contributed by atoms with Gasteiger partial charge in [0.25, 0.3) is 0 Å². The van der Waals surface area contributed by atoms with E-state index in [-0.39, 0.29) is 5.92 Å². The Bertz CT molecular complexity index is 641. The molecule has 19 heavy (non-hydrogen) atoms. The van der Waals surface area contributed by atoms with Gasteiger partial charge in [0.2, 0.25) is 0 Å². The number of allylic oxidation sites excluding steroid dienone is 2. The lowest BCUT2D eigenvalue weighted by Gasteiger charge is -2.26. The third-order valence-corrected chi connectivity index (χ3v) is 3.57. The minimum Gasteiger partial charge on any atom is -0.260 e. The second-order valence-corrected chi connectivity index (χ2v) is 4.94. The Kier molecular flexibility index (Phi) is 3.69. The summed E-state index contributed by atoms with van der Waals surface area (Å²) in [6.07, 6.45) is 0. The van der Waals surface area contributed by atoms with Crippen LogP contribution in [0.4, 0.5) is 0 Å². The number of rotatable bonds is 1. The molecule has 2 rings (SSSR count). The van der Waals surface area contributed by atoms with Gasteiger partial charge in [-0.15, -0.1) is 0 Å². The van der Waals surface area contributed by atoms with Crippen molar-refractivity contribution in [3.05, 3.63) is 46.1 Å². The predicted octanol–water partition coefficient (Wildman–Crippen LogP) is 3.84. The molecule has 0 aliphatic carbocycles. The van der Waals surface area contributed by atoms with E-state index in [1.54, 1.807) is 19.1 Å². The summed E-state index contributed by atoms with van der Waals surface area (Å²) in [5, 5.41) is 19.3. The molecule has 94 valence electrons. The van der Waals surface area contributed by atoms with E-state index >= 15 is 0 Å². The van der Waals surface area contributed by atoms with Crippen molar-refractivity contribution in [1.29, 1.82) is 10.5 Å². The fourth-order valence-corrected chi connectivity index (χ4v) is 2.50. The van der Waals surface area contributed by atoms with Crippen LogP contribution in [0.1, 0.15) is 25.3 Å². The molecule has 2 atom stereocenters. The van der Waals surface area contributed by atoms with E-state index in [0.29, 0.717) is 16.3 Å². The Labute approximate surface area is 117 Å². The summed E-state index contributed by atoms with van der Waals surface area (Å²) in [4.78, 5) is 4.31. The fraction of sp³-hybridized carbons (Fsp3) is 0.267. The van der Waals surface area contributed by atoms with Gasteiger partial charge in [-0.2, -0.15) is 10.5 Å². The quantitative estimate of drug-likeness (QED) is 0.778. The molecule has 0 saturated heterocycles. The second kappa shape index (κ2) is 5.26. The summed E-state index contributed by atoms with van der Waals surface area (Å²) >= 11 is 5.88. The maximum absolute atomic E-state index is 9.36. The van der Waals surface area contributed by atoms with Crippen LogP contribution in [0.25, 0.3) is 0 Å². The molecule has 1 aliphatic rings. The number of nitrogens with zero attached hydrogens (tertiary/aromatic N) is 3. The monoisotopic (exact) mass is 269 g/mol. The van der Waals surface area contributed by atoms with Crippen LogP contribution in [-0.2, 0) is 0 Å². The minimum atomic E-state index is -0.403. The van der Waals surface area contributed by atoms with Gasteiger partial charge in [-0.25, -0.2) is 0 Å². The fourth-order valence-electron chi connectivity index (χ4n) is 2.37. The van der Waals surface area contributed by atoms with E-state index in [1.807, 2.05) is 19.1 Å². The number of aliphatic imine (C=N–C) groups is 1. The minimum absolute atomic E-state index is 0.259. The van der Waals surface area contributed by atoms with E-state index < -0.39 is 5.92 Å². The molecule has 0 amide bonds. The third kappa shape index (κ3) is 2.38. The van der Waals surface area contributed by atoms with Gasteiger partial charge in [-0.3, -0.25) is 4.99 Å². The molecule has 0 saturated carbocycles. The van der Waals surface area contributed by atoms with Crippen LogP contribution in [0, 0.1) is 28.6 Å². The van der Waals surface area contributed by atoms with Gasteiger partial charge in [0.1, 0.15) is 0 Å². The molecular weight excluding hydrogens is 258 g/mol. The highest BCUT2D eigenvalue weighted by molar-refractivity contribution is 6.30. The lowest BCUT2D eigenvalue weighted by atomic mass is 9.77. The maximum Gasteiger partial charge on any atom is 0.0973 e. The summed E-state index contributed by atoms with van der Waals surface area (Å²) in [6.45, 7) is 3.63. The number of hydrogen-bond donors (Lipinski definition) is 0. The number of nitriles is 2. The van der Waals surface area contributed by atoms with Crippen molar-refractivity contribution in [2.24, 2.45) is 10.9 Å². The van der Waals surface area contributed by atoms with E-state index in [0.717, 1.165) is 11.3 Å². The zero-order chi connectivity index (χ0) is 14.0. The molecule has 4 heteroatoms. The lowest BCUT2D eigenvalue weighted by Crippen LogP contribution is -2.24. The molecule has 1 aromatic rings. The van der Waals surface area contributed by atoms with Crippen molar-refractivity contribution in [1.82, 2.24) is 0 Å². The SMILES string of the molecule is CC1=NC(C)=C(C#N)C(c2ccc(Cl)cc2)C1C#N. The first-order valence-corrected chi connectivity index (χ1v) is 6.27. The first-order chi connectivity index (χ1) is 9.08. The van der Waals surface area contributed by atoms with E-state index in [2.05, 4.69) is 17.1 Å². The summed E-state index contributed by atoms with van der Waals surface area (Å²) in [5.41, 5.74) is 2.91. The molecule has 0 bridgehead atoms. The highest BCUT2D eigenvalue weighted by Gasteiger charge is 2.33. The van der Waals surface area contributed by atoms with E-state index in [1.165, 1.54) is 0 Å². The molecule has 2 unspecified atom stereocenters. The Balaban J connectivity index is 2.58. The maximum atomic E-state index is 9.36. The van der Waals surface area contributed by atoms with E-state index in [4.69, 9.17) is 11.6 Å². The molecule has 0 spiro atoms. The zero-order valence-electron chi connectivity index (χ0n) is 10.7. The highest BCUT2D eigenvalue weighted by Crippen LogP contribution is 2.38. The van der Waals surface area contributed by atoms with Gasteiger partial charge < -0.3 is 0 Å². The van der Waals surface area contributed by atoms with Crippen molar-refractivity contribution in [2.45, 2.75) is 19.8 Å². The average molecular weight is 270 g/mol. The Morgan fingerprint density at radius 1 is 1.16 bits per heavy atom. The zero-order valence-corrected chi connectivity index (χ0v) is 11.4. The number of hydrogen-bond acceptors (Lipinski definition) is 3. The van der Waals surface area contributed by atoms with Gasteiger partial charge >= 0.3 is 0 Å². The molecule has 1 heterocycles. The van der Waals surface area contributed by atoms with Gasteiger partial charge in [0, 0.05) is 16.7 Å². The Morgan fingerprint density at radius 2 is 1.79 bits per heavy atom. The first-order valence-electron chi connectivity index (χ1n) is 5.89. The smallest absolute Gasteiger partial charge is 0.0973 e. The van der Waals surface area contributed by atoms with Crippen LogP contribution in [0.5, 0.6) is 0 Å². The Hall–Kier alpha value is -2.10. The van der Waals surface area contributed by atoms with Crippen LogP contribution in [-0.4, -0.2) is 5.71 Å². The van der Waals surface area contributed by atoms with Gasteiger partial charge in [-0.05, 0) is 31.5 Å². The highest BCUT2D eigenvalue weighted by atomic mass is 35.5. The van der Waals surface area contributed by atoms with Gasteiger partial charge in [0.15, 0.2) is 0 Å². The normalized spacial score (nSPS) is 22.5. The van der Waals surface area contributed by atoms with Crippen molar-refractivity contribution < 1.29 is 0 Å². The summed E-state index contributed by atoms with van der Waals surface area (Å²) < 4.78 is 0. The van der Waals surface area contributed by atoms with Crippen LogP contribution in [0.15, 0.2) is 40.5 Å². The molecule has 1 aliphatic heterocycles. The van der Waals surface area contributed by atoms with Crippen LogP contribution >= 0.6 is 11.6 Å². The van der Waals surface area contributed by atoms with Crippen molar-refractivity contribution in [3.8, 4) is 12.1 Å². The van der Waals surface area contributed by atoms with Gasteiger partial charge in [0.05, 0.1) is 29.3 Å². The third-order valence-electron chi connectivity index (χ3n) is 3.32. The second-order valence-electron chi connectivity index (χ2n) is 4.50. The molecule has 1 aromatic carbocycles. The van der Waals surface area contributed by atoms with Crippen LogP contribution in [0.2, 0.25) is 5.02 Å². The molecule has 0 fully saturated rings. The predicted molar refractivity (Wildman–Crippen MR) is 74.7 cm³/mol. The van der Waals surface area contributed by atoms with Crippen molar-refractivity contribution >= 4 is 17.3 Å². The number of halogens is 1. The topological polar surface area (TPSA) is 59.9 Å². The van der Waals surface area contributed by atoms with Crippen molar-refractivity contribution in [3.63, 3.8) is 0 Å². The molecule has 0 aromatic heterocycles. The standard InChI is InChI=1S/C15H12ClN3/c1-9-13(7-17)15(14(8-18)10(2)19-9)11-3-5-12(16)6-4-11/h3-6,13,15H,1-2H3. The molecule has 3 nitrogen and oxygen atoms in total. The molecular formula is C15H12ClN3. The van der Waals surface area contributed by atoms with Crippen molar-refractivity contribution in [2.75, 3.05) is 0 Å². The largest absolute Gasteiger partial charge is 0.260 e. The van der Waals surface area contributed by atoms with Gasteiger partial charge in [-0.1, -0.05) is 23.7 Å². The molecule has 0 radical (unpaired) electrons. The van der Waals surface area contributed by atoms with E-state index in [9.17, 15) is 10.5 Å². The van der Waals surface area contributed by atoms with Crippen LogP contribution < -0.4 is 0 Å². The lowest BCUT2D eigenvalue weighted by molar-refractivity contribution is 0.703. The molecule has 0 N–H and O–H groups in total. The summed E-state index contributed by atoms with van der Waals surface area (Å²) in [7, 11) is 0. The average Bonchev–Trinajstić information content (AvgIpc) is 2.39. The Morgan fingerprint density at radius 3 is 2.32 bits per heavy atom. The summed E-state index contributed by atoms with van der Waals surface area (Å²) in [6, 6.07) is 11.7. The number of benzene rings is 1.